The van der Waals surface area contributed by atoms with Crippen LogP contribution in [-0.4, -0.2) is 121 Å². The minimum Gasteiger partial charge on any atom is -0.387 e. The Morgan fingerprint density at radius 2 is 1.74 bits per heavy atom. The highest BCUT2D eigenvalue weighted by molar-refractivity contribution is 6.02. The van der Waals surface area contributed by atoms with Gasteiger partial charge in [0.1, 0.15) is 12.9 Å². The number of nitrogens with zero attached hydrogens (tertiary/aromatic N) is 8. The summed E-state index contributed by atoms with van der Waals surface area (Å²) in [6, 6.07) is 14.4. The van der Waals surface area contributed by atoms with Crippen molar-refractivity contribution >= 4 is 39.9 Å². The summed E-state index contributed by atoms with van der Waals surface area (Å²) in [5, 5.41) is 22.4. The first-order chi connectivity index (χ1) is 24.3. The Morgan fingerprint density at radius 1 is 0.960 bits per heavy atom. The van der Waals surface area contributed by atoms with Gasteiger partial charge in [0.25, 0.3) is 0 Å². The lowest BCUT2D eigenvalue weighted by Gasteiger charge is -2.31. The zero-order chi connectivity index (χ0) is 34.4. The fourth-order valence-corrected chi connectivity index (χ4v) is 8.30. The molecule has 0 aliphatic carbocycles. The van der Waals surface area contributed by atoms with Gasteiger partial charge in [0.15, 0.2) is 5.82 Å². The summed E-state index contributed by atoms with van der Waals surface area (Å²) in [6.45, 7) is 4.32. The molecule has 4 aliphatic heterocycles. The van der Waals surface area contributed by atoms with Gasteiger partial charge in [-0.3, -0.25) is 29.1 Å². The van der Waals surface area contributed by atoms with Crippen LogP contribution < -0.4 is 4.90 Å². The summed E-state index contributed by atoms with van der Waals surface area (Å²) in [6.07, 6.45) is 7.75. The molecule has 13 heteroatoms. The quantitative estimate of drug-likeness (QED) is 0.304. The molecule has 4 aliphatic rings. The zero-order valence-electron chi connectivity index (χ0n) is 28.4. The molecule has 3 saturated heterocycles. The van der Waals surface area contributed by atoms with Crippen molar-refractivity contribution in [1.82, 2.24) is 39.7 Å². The molecule has 1 atom stereocenters. The number of piperidine rings is 1. The number of aromatic amines is 1. The van der Waals surface area contributed by atoms with E-state index in [0.717, 1.165) is 72.1 Å². The lowest BCUT2D eigenvalue weighted by atomic mass is 9.85. The molecular formula is C37H43N9O4. The molecule has 2 aromatic heterocycles. The van der Waals surface area contributed by atoms with Crippen molar-refractivity contribution < 1.29 is 19.5 Å². The van der Waals surface area contributed by atoms with Crippen LogP contribution in [0, 0.1) is 5.41 Å². The topological polar surface area (TPSA) is 144 Å². The maximum Gasteiger partial charge on any atom is 0.248 e. The second kappa shape index (κ2) is 13.1. The highest BCUT2D eigenvalue weighted by Gasteiger charge is 2.51. The first-order valence-corrected chi connectivity index (χ1v) is 17.6. The predicted octanol–water partition coefficient (Wildman–Crippen LogP) is 2.80. The van der Waals surface area contributed by atoms with Crippen molar-refractivity contribution in [2.24, 2.45) is 12.5 Å². The molecule has 50 heavy (non-hydrogen) atoms. The summed E-state index contributed by atoms with van der Waals surface area (Å²) in [4.78, 5) is 51.4. The molecule has 260 valence electrons. The summed E-state index contributed by atoms with van der Waals surface area (Å²) in [5.41, 5.74) is 5.69. The average Bonchev–Trinajstić information content (AvgIpc) is 3.95. The van der Waals surface area contributed by atoms with E-state index < -0.39 is 12.0 Å². The summed E-state index contributed by atoms with van der Waals surface area (Å²) < 4.78 is 1.69. The molecule has 0 unspecified atom stereocenters. The molecule has 4 aromatic rings. The largest absolute Gasteiger partial charge is 0.387 e. The first-order valence-electron chi connectivity index (χ1n) is 17.6. The summed E-state index contributed by atoms with van der Waals surface area (Å²) in [5.74, 6) is 0.929. The molecule has 3 amide bonds. The van der Waals surface area contributed by atoms with Gasteiger partial charge in [-0.15, -0.1) is 0 Å². The maximum absolute atomic E-state index is 14.0. The van der Waals surface area contributed by atoms with Gasteiger partial charge >= 0.3 is 0 Å². The third-order valence-electron chi connectivity index (χ3n) is 11.2. The molecule has 2 N–H and O–H groups in total. The third-order valence-corrected chi connectivity index (χ3v) is 11.2. The van der Waals surface area contributed by atoms with Gasteiger partial charge in [0, 0.05) is 68.9 Å². The van der Waals surface area contributed by atoms with Crippen LogP contribution >= 0.6 is 0 Å². The number of H-pyrrole nitrogens is 1. The second-order valence-electron chi connectivity index (χ2n) is 14.2. The fourth-order valence-electron chi connectivity index (χ4n) is 8.30. The number of hydrogen-bond acceptors (Lipinski definition) is 8. The molecule has 3 fully saturated rings. The van der Waals surface area contributed by atoms with Crippen LogP contribution in [0.15, 0.2) is 54.9 Å². The number of aromatic nitrogens is 5. The van der Waals surface area contributed by atoms with Crippen LogP contribution in [0.3, 0.4) is 0 Å². The van der Waals surface area contributed by atoms with E-state index in [-0.39, 0.29) is 23.6 Å². The number of rotatable bonds is 7. The van der Waals surface area contributed by atoms with E-state index in [4.69, 9.17) is 0 Å². The highest BCUT2D eigenvalue weighted by Crippen LogP contribution is 2.43. The van der Waals surface area contributed by atoms with E-state index in [1.165, 1.54) is 5.57 Å². The summed E-state index contributed by atoms with van der Waals surface area (Å²) in [7, 11) is 1.86. The number of carbonyl (C=O) groups is 3. The Balaban J connectivity index is 0.872. The van der Waals surface area contributed by atoms with Gasteiger partial charge in [0.05, 0.1) is 23.2 Å². The Kier molecular flexibility index (Phi) is 8.47. The number of anilines is 1. The molecule has 1 spiro atoms. The Hall–Kier alpha value is -4.88. The van der Waals surface area contributed by atoms with Crippen molar-refractivity contribution in [3.63, 3.8) is 0 Å². The zero-order valence-corrected chi connectivity index (χ0v) is 28.4. The Bertz CT molecular complexity index is 1960. The Labute approximate surface area is 290 Å². The van der Waals surface area contributed by atoms with Gasteiger partial charge in [0.2, 0.25) is 17.7 Å². The number of likely N-dealkylation sites (tertiary alicyclic amines) is 2. The van der Waals surface area contributed by atoms with Gasteiger partial charge < -0.3 is 19.8 Å². The minimum atomic E-state index is -0.466. The molecule has 6 heterocycles. The van der Waals surface area contributed by atoms with Crippen molar-refractivity contribution in [2.75, 3.05) is 63.9 Å². The van der Waals surface area contributed by atoms with E-state index in [1.807, 2.05) is 41.1 Å². The normalized spacial score (nSPS) is 21.9. The highest BCUT2D eigenvalue weighted by atomic mass is 16.3. The van der Waals surface area contributed by atoms with Crippen LogP contribution in [0.1, 0.15) is 49.3 Å². The monoisotopic (exact) mass is 677 g/mol. The number of aliphatic hydroxyl groups excluding tert-OH is 1. The predicted molar refractivity (Wildman–Crippen MR) is 188 cm³/mol. The van der Waals surface area contributed by atoms with Gasteiger partial charge in [-0.25, -0.2) is 4.98 Å². The molecule has 0 radical (unpaired) electrons. The summed E-state index contributed by atoms with van der Waals surface area (Å²) >= 11 is 0. The van der Waals surface area contributed by atoms with Gasteiger partial charge in [-0.2, -0.15) is 10.2 Å². The molecule has 2 aromatic carbocycles. The van der Waals surface area contributed by atoms with Gasteiger partial charge in [-0.1, -0.05) is 30.3 Å². The lowest BCUT2D eigenvalue weighted by molar-refractivity contribution is -0.135. The van der Waals surface area contributed by atoms with Crippen molar-refractivity contribution in [3.8, 4) is 11.4 Å². The molecular weight excluding hydrogens is 634 g/mol. The Morgan fingerprint density at radius 3 is 2.46 bits per heavy atom. The smallest absolute Gasteiger partial charge is 0.248 e. The van der Waals surface area contributed by atoms with E-state index in [2.05, 4.69) is 49.5 Å². The second-order valence-corrected chi connectivity index (χ2v) is 14.2. The SMILES string of the molecule is Cn1cnc(-c2ccc(C3=CCN(C(=O)CN4CC[C@]5(CCN(c6ccc7[nH]nc(C8CCN(C(=O)CO)CC8)c7c6)C5=O)C4)CC3)cc2)n1. The van der Waals surface area contributed by atoms with E-state index in [9.17, 15) is 19.5 Å². The van der Waals surface area contributed by atoms with E-state index in [1.54, 1.807) is 15.9 Å². The molecule has 13 nitrogen and oxygen atoms in total. The van der Waals surface area contributed by atoms with E-state index >= 15 is 0 Å². The molecule has 8 rings (SSSR count). The number of aryl methyl sites for hydroxylation is 1. The van der Waals surface area contributed by atoms with Crippen LogP contribution in [0.5, 0.6) is 0 Å². The maximum atomic E-state index is 14.0. The minimum absolute atomic E-state index is 0.112. The number of hydrogen-bond donors (Lipinski definition) is 2. The van der Waals surface area contributed by atoms with Crippen molar-refractivity contribution in [1.29, 1.82) is 0 Å². The number of aliphatic hydroxyl groups is 1. The first kappa shape index (κ1) is 32.3. The number of amides is 3. The fraction of sp³-hybridized carbons (Fsp3) is 0.459. The number of fused-ring (bicyclic) bond motifs is 1. The van der Waals surface area contributed by atoms with Crippen molar-refractivity contribution in [2.45, 2.75) is 38.0 Å². The van der Waals surface area contributed by atoms with Crippen LogP contribution in [0.25, 0.3) is 27.9 Å². The van der Waals surface area contributed by atoms with Crippen LogP contribution in [0.2, 0.25) is 0 Å². The number of benzene rings is 2. The average molecular weight is 678 g/mol. The van der Waals surface area contributed by atoms with Crippen LogP contribution in [-0.2, 0) is 21.4 Å². The standard InChI is InChI=1S/C37H43N9O4/c1-42-24-38-35(41-42)28-4-2-25(3-5-28)26-8-14-44(15-9-26)32(48)21-43-18-12-37(23-43)13-19-46(36(37)50)29-6-7-31-30(20-29)34(40-39-31)27-10-16-45(17-11-27)33(49)22-47/h2-8,20,24,27,47H,9-19,21-23H2,1H3,(H,39,40)/t37-/m0/s1. The lowest BCUT2D eigenvalue weighted by Crippen LogP contribution is -2.43. The van der Waals surface area contributed by atoms with Crippen LogP contribution in [0.4, 0.5) is 5.69 Å². The molecule has 0 saturated carbocycles. The number of nitrogens with one attached hydrogen (secondary N) is 1. The van der Waals surface area contributed by atoms with Crippen molar-refractivity contribution in [3.05, 3.63) is 66.1 Å². The van der Waals surface area contributed by atoms with E-state index in [0.29, 0.717) is 51.6 Å². The van der Waals surface area contributed by atoms with Gasteiger partial charge in [-0.05, 0) is 68.0 Å². The molecule has 0 bridgehead atoms. The third kappa shape index (κ3) is 5.98. The number of carbonyl (C=O) groups excluding carboxylic acids is 3.